The van der Waals surface area contributed by atoms with Gasteiger partial charge in [0.2, 0.25) is 0 Å². The second-order valence-electron chi connectivity index (χ2n) is 15.9. The van der Waals surface area contributed by atoms with Crippen LogP contribution in [0, 0.1) is 0 Å². The highest BCUT2D eigenvalue weighted by atomic mass is 15.1. The van der Waals surface area contributed by atoms with Crippen molar-refractivity contribution in [2.24, 2.45) is 0 Å². The van der Waals surface area contributed by atoms with Crippen LogP contribution in [-0.2, 0) is 0 Å². The van der Waals surface area contributed by atoms with Crippen LogP contribution in [0.25, 0.3) is 111 Å². The third-order valence-corrected chi connectivity index (χ3v) is 12.0. The Morgan fingerprint density at radius 1 is 0.250 bits per heavy atom. The van der Waals surface area contributed by atoms with Crippen molar-refractivity contribution in [3.05, 3.63) is 231 Å². The Morgan fingerprint density at radius 3 is 1.27 bits per heavy atom. The number of rotatable bonds is 6. The Bertz CT molecular complexity index is 3690. The fourth-order valence-corrected chi connectivity index (χ4v) is 9.10. The summed E-state index contributed by atoms with van der Waals surface area (Å²) in [7, 11) is 0. The van der Waals surface area contributed by atoms with Gasteiger partial charge < -0.3 is 4.57 Å². The molecule has 3 heterocycles. The third-order valence-electron chi connectivity index (χ3n) is 12.0. The molecule has 0 aliphatic heterocycles. The van der Waals surface area contributed by atoms with Crippen LogP contribution in [0.2, 0.25) is 0 Å². The molecule has 0 radical (unpaired) electrons. The number of para-hydroxylation sites is 5. The molecule has 64 heavy (non-hydrogen) atoms. The predicted molar refractivity (Wildman–Crippen MR) is 263 cm³/mol. The number of fused-ring (bicyclic) bond motifs is 8. The van der Waals surface area contributed by atoms with Crippen LogP contribution in [0.4, 0.5) is 0 Å². The first-order valence-corrected chi connectivity index (χ1v) is 21.5. The molecule has 300 valence electrons. The van der Waals surface area contributed by atoms with E-state index < -0.39 is 0 Å². The summed E-state index contributed by atoms with van der Waals surface area (Å²) in [5.74, 6) is 2.59. The highest BCUT2D eigenvalue weighted by Gasteiger charge is 2.18. The summed E-state index contributed by atoms with van der Waals surface area (Å²) in [6, 6.07) is 80.6. The number of hydrogen-bond acceptors (Lipinski definition) is 4. The van der Waals surface area contributed by atoms with E-state index in [2.05, 4.69) is 197 Å². The van der Waals surface area contributed by atoms with Crippen LogP contribution < -0.4 is 0 Å². The minimum absolute atomic E-state index is 0.574. The number of imidazole rings is 1. The van der Waals surface area contributed by atoms with Gasteiger partial charge in [-0.25, -0.2) is 19.9 Å². The summed E-state index contributed by atoms with van der Waals surface area (Å²) >= 11 is 0. The quantitative estimate of drug-likeness (QED) is 0.168. The standard InChI is InChI=1S/C58H38N6/c1-3-19-39(20-4-1)55-60-56(40-21-17-23-42(37-40)58-59-51-33-13-16-36-54(51)64(58)43-24-5-2-6-25-43)62-57(61-55)41-22-18-26-44(38-41)63-52-34-14-11-31-49(52)47-29-9-7-27-45(47)46-28-8-10-30-48(46)50-32-12-15-35-53(50)63/h1-38H. The Morgan fingerprint density at radius 2 is 0.656 bits per heavy atom. The molecule has 12 rings (SSSR count). The van der Waals surface area contributed by atoms with Crippen LogP contribution in [-0.4, -0.2) is 29.1 Å². The van der Waals surface area contributed by atoms with E-state index in [1.165, 1.54) is 21.5 Å². The maximum Gasteiger partial charge on any atom is 0.164 e. The summed E-state index contributed by atoms with van der Waals surface area (Å²) < 4.78 is 4.60. The summed E-state index contributed by atoms with van der Waals surface area (Å²) in [4.78, 5) is 20.8. The SMILES string of the molecule is c1ccc(-c2nc(-c3cccc(-c4nc5ccccc5n4-c4ccccc4)c3)nc(-c3cccc(-n4c5ccccc5c5ccccc5c5ccccc5c5ccccc54)c3)n2)cc1. The molecule has 0 spiro atoms. The third kappa shape index (κ3) is 6.44. The molecule has 0 fully saturated rings. The Labute approximate surface area is 369 Å². The Kier molecular flexibility index (Phi) is 9.05. The maximum atomic E-state index is 5.27. The van der Waals surface area contributed by atoms with E-state index in [1.54, 1.807) is 0 Å². The second-order valence-corrected chi connectivity index (χ2v) is 15.9. The second kappa shape index (κ2) is 15.6. The average molecular weight is 819 g/mol. The average Bonchev–Trinajstić information content (AvgIpc) is 3.78. The monoisotopic (exact) mass is 818 g/mol. The topological polar surface area (TPSA) is 61.4 Å². The summed E-state index contributed by atoms with van der Waals surface area (Å²) in [5, 5.41) is 7.03. The van der Waals surface area contributed by atoms with Gasteiger partial charge in [0.1, 0.15) is 5.82 Å². The van der Waals surface area contributed by atoms with Crippen molar-refractivity contribution in [1.29, 1.82) is 0 Å². The molecule has 3 aromatic heterocycles. The largest absolute Gasteiger partial charge is 0.309 e. The number of nitrogens with zero attached hydrogens (tertiary/aromatic N) is 6. The van der Waals surface area contributed by atoms with Crippen LogP contribution in [0.5, 0.6) is 0 Å². The van der Waals surface area contributed by atoms with Crippen LogP contribution >= 0.6 is 0 Å². The first-order valence-electron chi connectivity index (χ1n) is 21.5. The lowest BCUT2D eigenvalue weighted by Crippen LogP contribution is -2.02. The lowest BCUT2D eigenvalue weighted by atomic mass is 10.0. The van der Waals surface area contributed by atoms with Crippen molar-refractivity contribution in [2.75, 3.05) is 0 Å². The van der Waals surface area contributed by atoms with E-state index in [0.717, 1.165) is 72.3 Å². The van der Waals surface area contributed by atoms with E-state index in [-0.39, 0.29) is 0 Å². The van der Waals surface area contributed by atoms with Crippen molar-refractivity contribution < 1.29 is 0 Å². The lowest BCUT2D eigenvalue weighted by molar-refractivity contribution is 1.07. The fourth-order valence-electron chi connectivity index (χ4n) is 9.10. The van der Waals surface area contributed by atoms with E-state index in [1.807, 2.05) is 42.5 Å². The molecule has 6 nitrogen and oxygen atoms in total. The van der Waals surface area contributed by atoms with Gasteiger partial charge in [-0.2, -0.15) is 0 Å². The summed E-state index contributed by atoms with van der Waals surface area (Å²) in [6.07, 6.45) is 0. The maximum absolute atomic E-state index is 5.27. The predicted octanol–water partition coefficient (Wildman–Crippen LogP) is 14.4. The highest BCUT2D eigenvalue weighted by Crippen LogP contribution is 2.36. The van der Waals surface area contributed by atoms with Gasteiger partial charge in [-0.3, -0.25) is 4.57 Å². The molecule has 6 heteroatoms. The number of aromatic nitrogens is 6. The van der Waals surface area contributed by atoms with E-state index in [4.69, 9.17) is 19.9 Å². The zero-order valence-electron chi connectivity index (χ0n) is 34.6. The van der Waals surface area contributed by atoms with Crippen molar-refractivity contribution in [1.82, 2.24) is 29.1 Å². The number of hydrogen-bond donors (Lipinski definition) is 0. The molecule has 0 bridgehead atoms. The highest BCUT2D eigenvalue weighted by molar-refractivity contribution is 6.19. The molecule has 0 unspecified atom stereocenters. The van der Waals surface area contributed by atoms with Gasteiger partial charge in [0.15, 0.2) is 17.5 Å². The molecule has 0 atom stereocenters. The molecule has 0 amide bonds. The molecule has 0 aliphatic carbocycles. The molecule has 0 N–H and O–H groups in total. The smallest absolute Gasteiger partial charge is 0.164 e. The van der Waals surface area contributed by atoms with Crippen molar-refractivity contribution >= 4 is 54.4 Å². The van der Waals surface area contributed by atoms with Gasteiger partial charge in [-0.1, -0.05) is 176 Å². The fraction of sp³-hybridized carbons (Fsp3) is 0. The van der Waals surface area contributed by atoms with Gasteiger partial charge in [-0.05, 0) is 76.1 Å². The zero-order valence-corrected chi connectivity index (χ0v) is 34.6. The van der Waals surface area contributed by atoms with Crippen molar-refractivity contribution in [2.45, 2.75) is 0 Å². The molecular weight excluding hydrogens is 781 g/mol. The van der Waals surface area contributed by atoms with Crippen molar-refractivity contribution in [3.63, 3.8) is 0 Å². The van der Waals surface area contributed by atoms with Gasteiger partial charge in [0.05, 0.1) is 22.1 Å². The zero-order chi connectivity index (χ0) is 42.4. The van der Waals surface area contributed by atoms with Crippen LogP contribution in [0.3, 0.4) is 0 Å². The number of benzene rings is 9. The summed E-state index contributed by atoms with van der Waals surface area (Å²) in [5.41, 5.74) is 9.74. The van der Waals surface area contributed by atoms with Crippen molar-refractivity contribution in [3.8, 4) is 56.9 Å². The normalized spacial score (nSPS) is 11.4. The Hall–Kier alpha value is -8.74. The first kappa shape index (κ1) is 37.1. The lowest BCUT2D eigenvalue weighted by Gasteiger charge is -2.15. The molecule has 0 aliphatic rings. The van der Waals surface area contributed by atoms with Gasteiger partial charge in [0.25, 0.3) is 0 Å². The first-order chi connectivity index (χ1) is 31.7. The molecule has 12 aromatic rings. The minimum atomic E-state index is 0.574. The molecule has 0 saturated heterocycles. The van der Waals surface area contributed by atoms with Gasteiger partial charge in [0, 0.05) is 44.4 Å². The van der Waals surface area contributed by atoms with Crippen LogP contribution in [0.1, 0.15) is 0 Å². The summed E-state index contributed by atoms with van der Waals surface area (Å²) in [6.45, 7) is 0. The van der Waals surface area contributed by atoms with E-state index in [0.29, 0.717) is 17.5 Å². The van der Waals surface area contributed by atoms with Crippen LogP contribution in [0.15, 0.2) is 231 Å². The Balaban J connectivity index is 1.08. The molecule has 9 aromatic carbocycles. The molecular formula is C58H38N6. The minimum Gasteiger partial charge on any atom is -0.309 e. The molecule has 0 saturated carbocycles. The van der Waals surface area contributed by atoms with Gasteiger partial charge >= 0.3 is 0 Å². The van der Waals surface area contributed by atoms with E-state index in [9.17, 15) is 0 Å². The van der Waals surface area contributed by atoms with E-state index >= 15 is 0 Å². The van der Waals surface area contributed by atoms with Gasteiger partial charge in [-0.15, -0.1) is 0 Å².